The first-order valence-electron chi connectivity index (χ1n) is 2.96. The molecule has 7 heteroatoms. The van der Waals surface area contributed by atoms with E-state index in [4.69, 9.17) is 0 Å². The van der Waals surface area contributed by atoms with E-state index in [1.807, 2.05) is 0 Å². The number of hydrogen-bond acceptors (Lipinski definition) is 2. The lowest BCUT2D eigenvalue weighted by atomic mass is 10.5. The van der Waals surface area contributed by atoms with Gasteiger partial charge in [-0.15, -0.1) is 0 Å². The minimum absolute atomic E-state index is 0.109. The monoisotopic (exact) mass is 323 g/mol. The molecular formula is C6H2F4INS. The van der Waals surface area contributed by atoms with Crippen LogP contribution in [0.25, 0.3) is 0 Å². The summed E-state index contributed by atoms with van der Waals surface area (Å²) in [5.41, 5.74) is -4.43. The highest BCUT2D eigenvalue weighted by Gasteiger charge is 2.31. The molecule has 0 N–H and O–H groups in total. The zero-order valence-electron chi connectivity index (χ0n) is 5.90. The standard InChI is InChI=1S/C6H2F4INS/c7-3-1-2-12-5(4(3)11)13-6(8,9)10/h1-2H. The SMILES string of the molecule is Fc1ccnc(SC(F)(F)F)c1I. The van der Waals surface area contributed by atoms with Crippen molar-refractivity contribution in [3.63, 3.8) is 0 Å². The average molecular weight is 323 g/mol. The molecule has 0 spiro atoms. The van der Waals surface area contributed by atoms with Gasteiger partial charge in [-0.2, -0.15) is 13.2 Å². The Hall–Kier alpha value is -0.0500. The molecule has 1 rings (SSSR count). The van der Waals surface area contributed by atoms with E-state index in [1.165, 1.54) is 22.6 Å². The Morgan fingerprint density at radius 1 is 1.38 bits per heavy atom. The highest BCUT2D eigenvalue weighted by Crippen LogP contribution is 2.38. The van der Waals surface area contributed by atoms with Crippen LogP contribution in [0.15, 0.2) is 17.3 Å². The number of rotatable bonds is 1. The van der Waals surface area contributed by atoms with Gasteiger partial charge < -0.3 is 0 Å². The number of halogens is 5. The van der Waals surface area contributed by atoms with Gasteiger partial charge in [0.05, 0.1) is 3.57 Å². The van der Waals surface area contributed by atoms with Crippen molar-refractivity contribution in [2.45, 2.75) is 10.5 Å². The van der Waals surface area contributed by atoms with Gasteiger partial charge in [-0.25, -0.2) is 9.37 Å². The second-order valence-electron chi connectivity index (χ2n) is 1.96. The molecule has 0 bridgehead atoms. The lowest BCUT2D eigenvalue weighted by molar-refractivity contribution is -0.0329. The summed E-state index contributed by atoms with van der Waals surface area (Å²) in [6, 6.07) is 1.02. The van der Waals surface area contributed by atoms with Crippen LogP contribution in [0.4, 0.5) is 17.6 Å². The first-order valence-corrected chi connectivity index (χ1v) is 4.85. The summed E-state index contributed by atoms with van der Waals surface area (Å²) in [5, 5.41) is -0.354. The fourth-order valence-corrected chi connectivity index (χ4v) is 1.75. The largest absolute Gasteiger partial charge is 0.447 e. The van der Waals surface area contributed by atoms with Crippen molar-refractivity contribution in [3.8, 4) is 0 Å². The van der Waals surface area contributed by atoms with Crippen LogP contribution in [0.1, 0.15) is 0 Å². The second kappa shape index (κ2) is 3.99. The predicted octanol–water partition coefficient (Wildman–Crippen LogP) is 3.44. The van der Waals surface area contributed by atoms with Gasteiger partial charge >= 0.3 is 5.51 Å². The van der Waals surface area contributed by atoms with Crippen LogP contribution in [0, 0.1) is 9.39 Å². The third-order valence-corrected chi connectivity index (χ3v) is 3.15. The molecule has 0 saturated carbocycles. The number of pyridine rings is 1. The molecule has 1 aromatic rings. The molecule has 0 aliphatic rings. The molecule has 1 aromatic heterocycles. The maximum atomic E-state index is 12.7. The van der Waals surface area contributed by atoms with Gasteiger partial charge in [0, 0.05) is 18.0 Å². The zero-order valence-corrected chi connectivity index (χ0v) is 8.87. The van der Waals surface area contributed by atoms with Crippen molar-refractivity contribution >= 4 is 34.4 Å². The van der Waals surface area contributed by atoms with Crippen LogP contribution >= 0.6 is 34.4 Å². The first-order chi connectivity index (χ1) is 5.90. The molecule has 0 amide bonds. The molecule has 0 aliphatic carbocycles. The number of thioether (sulfide) groups is 1. The molecular weight excluding hydrogens is 321 g/mol. The molecule has 0 saturated heterocycles. The summed E-state index contributed by atoms with van der Waals surface area (Å²) in [6.07, 6.45) is 1.01. The minimum Gasteiger partial charge on any atom is -0.248 e. The third-order valence-electron chi connectivity index (χ3n) is 1.02. The van der Waals surface area contributed by atoms with E-state index in [0.717, 1.165) is 12.3 Å². The fourth-order valence-electron chi connectivity index (χ4n) is 0.583. The van der Waals surface area contributed by atoms with Crippen molar-refractivity contribution < 1.29 is 17.6 Å². The van der Waals surface area contributed by atoms with Gasteiger partial charge in [-0.3, -0.25) is 0 Å². The average Bonchev–Trinajstić information content (AvgIpc) is 1.96. The Kier molecular flexibility index (Phi) is 3.38. The Morgan fingerprint density at radius 3 is 2.54 bits per heavy atom. The smallest absolute Gasteiger partial charge is 0.248 e. The maximum Gasteiger partial charge on any atom is 0.447 e. The zero-order chi connectivity index (χ0) is 10.1. The van der Waals surface area contributed by atoms with Crippen molar-refractivity contribution in [1.82, 2.24) is 4.98 Å². The summed E-state index contributed by atoms with van der Waals surface area (Å²) in [6.45, 7) is 0. The summed E-state index contributed by atoms with van der Waals surface area (Å²) in [4.78, 5) is 3.42. The molecule has 0 unspecified atom stereocenters. The number of hydrogen-bond donors (Lipinski definition) is 0. The molecule has 1 heterocycles. The number of nitrogens with zero attached hydrogens (tertiary/aromatic N) is 1. The highest BCUT2D eigenvalue weighted by atomic mass is 127. The van der Waals surface area contributed by atoms with E-state index in [1.54, 1.807) is 0 Å². The molecule has 0 aromatic carbocycles. The highest BCUT2D eigenvalue weighted by molar-refractivity contribution is 14.1. The molecule has 1 nitrogen and oxygen atoms in total. The lowest BCUT2D eigenvalue weighted by Crippen LogP contribution is -2.02. The second-order valence-corrected chi connectivity index (χ2v) is 4.09. The third kappa shape index (κ3) is 3.29. The maximum absolute atomic E-state index is 12.7. The molecule has 0 fully saturated rings. The molecule has 0 aliphatic heterocycles. The minimum atomic E-state index is -4.43. The van der Waals surface area contributed by atoms with E-state index in [2.05, 4.69) is 4.98 Å². The lowest BCUT2D eigenvalue weighted by Gasteiger charge is -2.06. The van der Waals surface area contributed by atoms with E-state index in [9.17, 15) is 17.6 Å². The van der Waals surface area contributed by atoms with Gasteiger partial charge in [0.2, 0.25) is 0 Å². The van der Waals surface area contributed by atoms with E-state index in [-0.39, 0.29) is 8.60 Å². The van der Waals surface area contributed by atoms with Crippen LogP contribution in [0.2, 0.25) is 0 Å². The Labute approximate surface area is 89.1 Å². The van der Waals surface area contributed by atoms with E-state index >= 15 is 0 Å². The van der Waals surface area contributed by atoms with Gasteiger partial charge in [-0.1, -0.05) is 0 Å². The quantitative estimate of drug-likeness (QED) is 0.446. The predicted molar refractivity (Wildman–Crippen MR) is 48.8 cm³/mol. The van der Waals surface area contributed by atoms with Gasteiger partial charge in [0.25, 0.3) is 0 Å². The topological polar surface area (TPSA) is 12.9 Å². The molecule has 13 heavy (non-hydrogen) atoms. The van der Waals surface area contributed by atoms with E-state index < -0.39 is 23.1 Å². The summed E-state index contributed by atoms with van der Waals surface area (Å²) >= 11 is 1.07. The van der Waals surface area contributed by atoms with Crippen LogP contribution in [0.3, 0.4) is 0 Å². The van der Waals surface area contributed by atoms with Crippen LogP contribution < -0.4 is 0 Å². The van der Waals surface area contributed by atoms with Crippen molar-refractivity contribution in [2.24, 2.45) is 0 Å². The number of alkyl halides is 3. The molecule has 72 valence electrons. The summed E-state index contributed by atoms with van der Waals surface area (Å²) < 4.78 is 48.2. The number of aromatic nitrogens is 1. The van der Waals surface area contributed by atoms with E-state index in [0.29, 0.717) is 0 Å². The molecule has 0 atom stereocenters. The van der Waals surface area contributed by atoms with Gasteiger partial charge in [-0.05, 0) is 28.7 Å². The van der Waals surface area contributed by atoms with Crippen LogP contribution in [-0.2, 0) is 0 Å². The van der Waals surface area contributed by atoms with Gasteiger partial charge in [0.1, 0.15) is 10.8 Å². The van der Waals surface area contributed by atoms with Gasteiger partial charge in [0.15, 0.2) is 0 Å². The van der Waals surface area contributed by atoms with Crippen LogP contribution in [0.5, 0.6) is 0 Å². The normalized spacial score (nSPS) is 11.8. The first kappa shape index (κ1) is 11.0. The van der Waals surface area contributed by atoms with Crippen molar-refractivity contribution in [2.75, 3.05) is 0 Å². The summed E-state index contributed by atoms with van der Waals surface area (Å²) in [5.74, 6) is -0.692. The Bertz CT molecular complexity index is 314. The fraction of sp³-hybridized carbons (Fsp3) is 0.167. The Balaban J connectivity index is 2.96. The molecule has 0 radical (unpaired) electrons. The van der Waals surface area contributed by atoms with Crippen LogP contribution in [-0.4, -0.2) is 10.5 Å². The van der Waals surface area contributed by atoms with Crippen molar-refractivity contribution in [1.29, 1.82) is 0 Å². The Morgan fingerprint density at radius 2 is 2.00 bits per heavy atom. The summed E-state index contributed by atoms with van der Waals surface area (Å²) in [7, 11) is 0. The van der Waals surface area contributed by atoms with Crippen molar-refractivity contribution in [3.05, 3.63) is 21.7 Å².